The van der Waals surface area contributed by atoms with E-state index in [1.54, 1.807) is 0 Å². The van der Waals surface area contributed by atoms with E-state index < -0.39 is 0 Å². The average molecular weight is 222 g/mol. The van der Waals surface area contributed by atoms with Gasteiger partial charge in [-0.15, -0.1) is 0 Å². The molecule has 0 aliphatic heterocycles. The molecule has 0 saturated heterocycles. The number of aliphatic hydroxyl groups is 1. The molecule has 4 saturated carbocycles. The van der Waals surface area contributed by atoms with Gasteiger partial charge in [0, 0.05) is 6.61 Å². The Morgan fingerprint density at radius 1 is 1.12 bits per heavy atom. The van der Waals surface area contributed by atoms with Gasteiger partial charge in [0.05, 0.1) is 0 Å². The lowest BCUT2D eigenvalue weighted by molar-refractivity contribution is -0.253. The third kappa shape index (κ3) is 1.11. The van der Waals surface area contributed by atoms with Crippen molar-refractivity contribution in [3.05, 3.63) is 0 Å². The van der Waals surface area contributed by atoms with Crippen molar-refractivity contribution >= 4 is 0 Å². The van der Waals surface area contributed by atoms with Gasteiger partial charge in [0.1, 0.15) is 0 Å². The van der Waals surface area contributed by atoms with Crippen LogP contribution in [0.4, 0.5) is 0 Å². The molecule has 2 bridgehead atoms. The van der Waals surface area contributed by atoms with Crippen LogP contribution in [0, 0.1) is 28.1 Å². The second kappa shape index (κ2) is 3.04. The van der Waals surface area contributed by atoms with Crippen LogP contribution in [0.3, 0.4) is 0 Å². The van der Waals surface area contributed by atoms with Crippen LogP contribution < -0.4 is 0 Å². The van der Waals surface area contributed by atoms with Gasteiger partial charge < -0.3 is 5.11 Å². The molecule has 4 aliphatic rings. The van der Waals surface area contributed by atoms with E-state index in [0.29, 0.717) is 28.8 Å². The molecule has 0 radical (unpaired) electrons. The minimum Gasteiger partial charge on any atom is -0.396 e. The molecule has 0 aromatic heterocycles. The van der Waals surface area contributed by atoms with Crippen molar-refractivity contribution in [2.24, 2.45) is 28.1 Å². The van der Waals surface area contributed by atoms with E-state index >= 15 is 0 Å². The summed E-state index contributed by atoms with van der Waals surface area (Å²) in [7, 11) is 0. The molecule has 0 heterocycles. The fraction of sp³-hybridized carbons (Fsp3) is 1.00. The van der Waals surface area contributed by atoms with Crippen LogP contribution in [0.5, 0.6) is 0 Å². The van der Waals surface area contributed by atoms with E-state index in [-0.39, 0.29) is 0 Å². The van der Waals surface area contributed by atoms with Gasteiger partial charge >= 0.3 is 0 Å². The summed E-state index contributed by atoms with van der Waals surface area (Å²) in [5.74, 6) is 1.49. The highest BCUT2D eigenvalue weighted by Gasteiger charge is 2.68. The predicted octanol–water partition coefficient (Wildman–Crippen LogP) is 3.61. The summed E-state index contributed by atoms with van der Waals surface area (Å²) in [5.41, 5.74) is 1.54. The summed E-state index contributed by atoms with van der Waals surface area (Å²) in [5, 5.41) is 9.76. The van der Waals surface area contributed by atoms with Gasteiger partial charge in [-0.25, -0.2) is 0 Å². The van der Waals surface area contributed by atoms with Crippen molar-refractivity contribution in [1.82, 2.24) is 0 Å². The molecule has 0 aromatic rings. The van der Waals surface area contributed by atoms with Crippen molar-refractivity contribution in [2.75, 3.05) is 6.61 Å². The first-order chi connectivity index (χ1) is 7.45. The van der Waals surface area contributed by atoms with E-state index in [2.05, 4.69) is 20.8 Å². The molecule has 0 aromatic carbocycles. The molecule has 4 rings (SSSR count). The number of fused-ring (bicyclic) bond motifs is 1. The van der Waals surface area contributed by atoms with Gasteiger partial charge in [0.15, 0.2) is 0 Å². The molecular formula is C15H26O. The van der Waals surface area contributed by atoms with Gasteiger partial charge in [-0.05, 0) is 60.2 Å². The quantitative estimate of drug-likeness (QED) is 0.718. The molecule has 1 spiro atoms. The molecule has 4 atom stereocenters. The number of hydrogen-bond acceptors (Lipinski definition) is 1. The summed E-state index contributed by atoms with van der Waals surface area (Å²) in [6.45, 7) is 7.78. The highest BCUT2D eigenvalue weighted by atomic mass is 16.3. The summed E-state index contributed by atoms with van der Waals surface area (Å²) in [6, 6.07) is 0. The van der Waals surface area contributed by atoms with Crippen molar-refractivity contribution in [3.63, 3.8) is 0 Å². The Morgan fingerprint density at radius 3 is 2.56 bits per heavy atom. The normalized spacial score (nSPS) is 54.0. The van der Waals surface area contributed by atoms with Crippen LogP contribution in [0.15, 0.2) is 0 Å². The van der Waals surface area contributed by atoms with Gasteiger partial charge in [-0.3, -0.25) is 0 Å². The summed E-state index contributed by atoms with van der Waals surface area (Å²) in [4.78, 5) is 0. The van der Waals surface area contributed by atoms with E-state index in [4.69, 9.17) is 0 Å². The Bertz CT molecular complexity index is 309. The zero-order chi connectivity index (χ0) is 11.6. The van der Waals surface area contributed by atoms with Crippen molar-refractivity contribution in [2.45, 2.75) is 59.3 Å². The Hall–Kier alpha value is -0.0400. The molecule has 16 heavy (non-hydrogen) atoms. The van der Waals surface area contributed by atoms with Crippen molar-refractivity contribution in [3.8, 4) is 0 Å². The Morgan fingerprint density at radius 2 is 1.88 bits per heavy atom. The lowest BCUT2D eigenvalue weighted by Gasteiger charge is -2.73. The maximum atomic E-state index is 9.76. The smallest absolute Gasteiger partial charge is 0.0469 e. The first kappa shape index (κ1) is 11.1. The van der Waals surface area contributed by atoms with Crippen LogP contribution in [-0.4, -0.2) is 11.7 Å². The summed E-state index contributed by atoms with van der Waals surface area (Å²) in [6.07, 6.45) is 8.35. The molecule has 1 nitrogen and oxygen atoms in total. The third-order valence-corrected chi connectivity index (χ3v) is 6.56. The van der Waals surface area contributed by atoms with Crippen molar-refractivity contribution in [1.29, 1.82) is 0 Å². The second-order valence-electron chi connectivity index (χ2n) is 7.73. The Labute approximate surface area is 99.6 Å². The minimum atomic E-state index is 0.434. The Balaban J connectivity index is 1.96. The van der Waals surface area contributed by atoms with Crippen LogP contribution >= 0.6 is 0 Å². The molecule has 1 heteroatoms. The van der Waals surface area contributed by atoms with Crippen LogP contribution in [0.25, 0.3) is 0 Å². The average Bonchev–Trinajstić information content (AvgIpc) is 2.15. The molecule has 0 unspecified atom stereocenters. The third-order valence-electron chi connectivity index (χ3n) is 6.56. The highest BCUT2D eigenvalue weighted by molar-refractivity contribution is 5.17. The fourth-order valence-corrected chi connectivity index (χ4v) is 6.01. The van der Waals surface area contributed by atoms with E-state index in [0.717, 1.165) is 5.92 Å². The minimum absolute atomic E-state index is 0.434. The van der Waals surface area contributed by atoms with E-state index in [9.17, 15) is 5.11 Å². The maximum Gasteiger partial charge on any atom is 0.0469 e. The molecule has 4 fully saturated rings. The topological polar surface area (TPSA) is 20.2 Å². The van der Waals surface area contributed by atoms with Gasteiger partial charge in [-0.1, -0.05) is 27.2 Å². The first-order valence-corrected chi connectivity index (χ1v) is 7.06. The molecule has 92 valence electrons. The fourth-order valence-electron chi connectivity index (χ4n) is 6.01. The van der Waals surface area contributed by atoms with Crippen molar-refractivity contribution < 1.29 is 5.11 Å². The van der Waals surface area contributed by atoms with Crippen LogP contribution in [-0.2, 0) is 0 Å². The van der Waals surface area contributed by atoms with Crippen LogP contribution in [0.1, 0.15) is 59.3 Å². The second-order valence-corrected chi connectivity index (χ2v) is 7.73. The molecule has 0 amide bonds. The lowest BCUT2D eigenvalue weighted by Crippen LogP contribution is -2.67. The standard InChI is InChI=1S/C15H26O/c1-13(2)6-4-7-15-10-14(3,12(15)9-16)8-5-11(13)15/h11-12,16H,4-10H2,1-3H3/t11-,12+,14+,15+/m0/s1. The van der Waals surface area contributed by atoms with Gasteiger partial charge in [0.25, 0.3) is 0 Å². The molecule has 1 N–H and O–H groups in total. The Kier molecular flexibility index (Phi) is 2.11. The predicted molar refractivity (Wildman–Crippen MR) is 66.1 cm³/mol. The van der Waals surface area contributed by atoms with Gasteiger partial charge in [0.2, 0.25) is 0 Å². The maximum absolute atomic E-state index is 9.76. The highest BCUT2D eigenvalue weighted by Crippen LogP contribution is 2.75. The molecule has 4 aliphatic carbocycles. The number of rotatable bonds is 1. The summed E-state index contributed by atoms with van der Waals surface area (Å²) >= 11 is 0. The lowest BCUT2D eigenvalue weighted by atomic mass is 9.32. The number of hydrogen-bond donors (Lipinski definition) is 1. The number of aliphatic hydroxyl groups excluding tert-OH is 1. The first-order valence-electron chi connectivity index (χ1n) is 7.06. The monoisotopic (exact) mass is 222 g/mol. The zero-order valence-corrected chi connectivity index (χ0v) is 11.1. The molecular weight excluding hydrogens is 196 g/mol. The van der Waals surface area contributed by atoms with Crippen LogP contribution in [0.2, 0.25) is 0 Å². The summed E-state index contributed by atoms with van der Waals surface area (Å²) < 4.78 is 0. The zero-order valence-electron chi connectivity index (χ0n) is 11.1. The van der Waals surface area contributed by atoms with E-state index in [1.165, 1.54) is 38.5 Å². The SMILES string of the molecule is CC1(C)CCC[C@@]23C[C@@](C)(CC[C@@H]12)[C@H]3CO. The van der Waals surface area contributed by atoms with Gasteiger partial charge in [-0.2, -0.15) is 0 Å². The van der Waals surface area contributed by atoms with E-state index in [1.807, 2.05) is 0 Å². The largest absolute Gasteiger partial charge is 0.396 e.